The molecule has 1 amide bonds. The Morgan fingerprint density at radius 1 is 1.20 bits per heavy atom. The zero-order valence-corrected chi connectivity index (χ0v) is 11.3. The van der Waals surface area contributed by atoms with Crippen molar-refractivity contribution in [1.82, 2.24) is 9.55 Å². The Morgan fingerprint density at radius 2 is 2.00 bits per heavy atom. The van der Waals surface area contributed by atoms with Crippen LogP contribution in [0, 0.1) is 0 Å². The van der Waals surface area contributed by atoms with Crippen LogP contribution in [0.5, 0.6) is 0 Å². The molecule has 0 saturated carbocycles. The van der Waals surface area contributed by atoms with E-state index in [0.29, 0.717) is 5.02 Å². The Bertz CT molecular complexity index is 752. The van der Waals surface area contributed by atoms with E-state index < -0.39 is 0 Å². The van der Waals surface area contributed by atoms with Crippen molar-refractivity contribution in [3.05, 3.63) is 60.0 Å². The average Bonchev–Trinajstić information content (AvgIpc) is 2.82. The normalized spacial score (nSPS) is 10.7. The molecule has 0 fully saturated rings. The molecule has 0 aliphatic rings. The van der Waals surface area contributed by atoms with Gasteiger partial charge in [-0.25, -0.2) is 0 Å². The fourth-order valence-electron chi connectivity index (χ4n) is 2.10. The fourth-order valence-corrected chi connectivity index (χ4v) is 2.28. The van der Waals surface area contributed by atoms with Crippen molar-refractivity contribution < 1.29 is 4.79 Å². The first-order chi connectivity index (χ1) is 9.72. The summed E-state index contributed by atoms with van der Waals surface area (Å²) in [6.45, 7) is 0.257. The van der Waals surface area contributed by atoms with Gasteiger partial charge in [-0.1, -0.05) is 11.6 Å². The van der Waals surface area contributed by atoms with Gasteiger partial charge in [-0.15, -0.1) is 0 Å². The number of carbonyl (C=O) groups excluding carboxylic acids is 1. The van der Waals surface area contributed by atoms with Crippen LogP contribution >= 0.6 is 11.6 Å². The summed E-state index contributed by atoms with van der Waals surface area (Å²) in [5.74, 6) is -0.0800. The van der Waals surface area contributed by atoms with Crippen LogP contribution in [-0.4, -0.2) is 15.5 Å². The number of rotatable bonds is 3. The first-order valence-electron chi connectivity index (χ1n) is 6.17. The number of fused-ring (bicyclic) bond motifs is 1. The first kappa shape index (κ1) is 12.7. The number of amides is 1. The summed E-state index contributed by atoms with van der Waals surface area (Å²) in [6.07, 6.45) is 5.17. The molecule has 1 N–H and O–H groups in total. The van der Waals surface area contributed by atoms with Crippen LogP contribution in [0.4, 0.5) is 5.69 Å². The lowest BCUT2D eigenvalue weighted by Crippen LogP contribution is -2.18. The lowest BCUT2D eigenvalue weighted by molar-refractivity contribution is -0.116. The van der Waals surface area contributed by atoms with E-state index in [4.69, 9.17) is 11.6 Å². The highest BCUT2D eigenvalue weighted by molar-refractivity contribution is 6.31. The molecule has 4 nitrogen and oxygen atoms in total. The Labute approximate surface area is 121 Å². The molecule has 100 valence electrons. The molecule has 0 aliphatic carbocycles. The highest BCUT2D eigenvalue weighted by Gasteiger charge is 2.07. The summed E-state index contributed by atoms with van der Waals surface area (Å²) in [7, 11) is 0. The fraction of sp³-hybridized carbons (Fsp3) is 0.0667. The second-order valence-electron chi connectivity index (χ2n) is 4.43. The summed E-state index contributed by atoms with van der Waals surface area (Å²) >= 11 is 5.95. The molecule has 0 spiro atoms. The summed E-state index contributed by atoms with van der Waals surface area (Å²) in [5, 5.41) is 4.54. The number of nitrogens with one attached hydrogen (secondary N) is 1. The van der Waals surface area contributed by atoms with E-state index in [9.17, 15) is 4.79 Å². The second kappa shape index (κ2) is 5.35. The molecular formula is C15H12ClN3O. The molecule has 3 aromatic rings. The van der Waals surface area contributed by atoms with E-state index in [2.05, 4.69) is 10.3 Å². The van der Waals surface area contributed by atoms with Crippen molar-refractivity contribution in [3.8, 4) is 0 Å². The average molecular weight is 286 g/mol. The van der Waals surface area contributed by atoms with Gasteiger partial charge in [-0.2, -0.15) is 0 Å². The van der Waals surface area contributed by atoms with Gasteiger partial charge in [0.25, 0.3) is 0 Å². The number of carbonyl (C=O) groups is 1. The Kier molecular flexibility index (Phi) is 3.39. The van der Waals surface area contributed by atoms with Crippen LogP contribution in [0.25, 0.3) is 10.9 Å². The number of nitrogens with zero attached hydrogens (tertiary/aromatic N) is 2. The smallest absolute Gasteiger partial charge is 0.244 e. The molecule has 5 heteroatoms. The van der Waals surface area contributed by atoms with Crippen molar-refractivity contribution in [2.24, 2.45) is 0 Å². The van der Waals surface area contributed by atoms with Gasteiger partial charge in [-0.05, 0) is 36.4 Å². The van der Waals surface area contributed by atoms with Crippen LogP contribution in [0.15, 0.2) is 55.0 Å². The Hall–Kier alpha value is -2.33. The van der Waals surface area contributed by atoms with E-state index in [1.807, 2.05) is 35.0 Å². The van der Waals surface area contributed by atoms with Crippen LogP contribution in [-0.2, 0) is 11.3 Å². The topological polar surface area (TPSA) is 46.9 Å². The highest BCUT2D eigenvalue weighted by atomic mass is 35.5. The monoisotopic (exact) mass is 285 g/mol. The van der Waals surface area contributed by atoms with E-state index in [-0.39, 0.29) is 12.5 Å². The summed E-state index contributed by atoms with van der Waals surface area (Å²) in [5.41, 5.74) is 1.73. The van der Waals surface area contributed by atoms with Crippen molar-refractivity contribution in [2.75, 3.05) is 5.32 Å². The van der Waals surface area contributed by atoms with Crippen molar-refractivity contribution in [1.29, 1.82) is 0 Å². The quantitative estimate of drug-likeness (QED) is 0.802. The van der Waals surface area contributed by atoms with Gasteiger partial charge < -0.3 is 9.88 Å². The minimum Gasteiger partial charge on any atom is -0.338 e. The first-order valence-corrected chi connectivity index (χ1v) is 6.54. The van der Waals surface area contributed by atoms with Crippen LogP contribution in [0.3, 0.4) is 0 Å². The maximum absolute atomic E-state index is 12.0. The van der Waals surface area contributed by atoms with Gasteiger partial charge in [0, 0.05) is 40.2 Å². The van der Waals surface area contributed by atoms with E-state index in [0.717, 1.165) is 16.6 Å². The molecule has 0 bridgehead atoms. The SMILES string of the molecule is O=C(Cn1ccc2cc(Cl)ccc21)Nc1ccncc1. The predicted octanol–water partition coefficient (Wildman–Crippen LogP) is 3.33. The number of pyridine rings is 1. The van der Waals surface area contributed by atoms with Crippen molar-refractivity contribution >= 4 is 34.1 Å². The van der Waals surface area contributed by atoms with Gasteiger partial charge in [0.1, 0.15) is 6.54 Å². The largest absolute Gasteiger partial charge is 0.338 e. The van der Waals surface area contributed by atoms with Crippen molar-refractivity contribution in [2.45, 2.75) is 6.54 Å². The lowest BCUT2D eigenvalue weighted by Gasteiger charge is -2.07. The number of benzene rings is 1. The number of aromatic nitrogens is 2. The van der Waals surface area contributed by atoms with Crippen LogP contribution < -0.4 is 5.32 Å². The molecule has 0 unspecified atom stereocenters. The zero-order valence-electron chi connectivity index (χ0n) is 10.6. The molecule has 20 heavy (non-hydrogen) atoms. The lowest BCUT2D eigenvalue weighted by atomic mass is 10.2. The molecule has 0 saturated heterocycles. The summed E-state index contributed by atoms with van der Waals surface area (Å²) in [4.78, 5) is 15.9. The summed E-state index contributed by atoms with van der Waals surface area (Å²) < 4.78 is 1.89. The summed E-state index contributed by atoms with van der Waals surface area (Å²) in [6, 6.07) is 11.1. The molecule has 0 radical (unpaired) electrons. The number of anilines is 1. The number of halogens is 1. The maximum Gasteiger partial charge on any atom is 0.244 e. The van der Waals surface area contributed by atoms with E-state index in [1.165, 1.54) is 0 Å². The van der Waals surface area contributed by atoms with Gasteiger partial charge in [-0.3, -0.25) is 9.78 Å². The number of hydrogen-bond donors (Lipinski definition) is 1. The highest BCUT2D eigenvalue weighted by Crippen LogP contribution is 2.20. The molecule has 2 heterocycles. The van der Waals surface area contributed by atoms with Gasteiger partial charge in [0.2, 0.25) is 5.91 Å². The predicted molar refractivity (Wildman–Crippen MR) is 79.8 cm³/mol. The molecule has 0 aliphatic heterocycles. The molecule has 0 atom stereocenters. The van der Waals surface area contributed by atoms with Gasteiger partial charge in [0.15, 0.2) is 0 Å². The third kappa shape index (κ3) is 2.65. The minimum atomic E-state index is -0.0800. The minimum absolute atomic E-state index is 0.0800. The Morgan fingerprint density at radius 3 is 2.80 bits per heavy atom. The standard InChI is InChI=1S/C15H12ClN3O/c16-12-1-2-14-11(9-12)5-8-19(14)10-15(20)18-13-3-6-17-7-4-13/h1-9H,10H2,(H,17,18,20). The molecule has 2 aromatic heterocycles. The zero-order chi connectivity index (χ0) is 13.9. The van der Waals surface area contributed by atoms with Crippen LogP contribution in [0.1, 0.15) is 0 Å². The molecule has 3 rings (SSSR count). The van der Waals surface area contributed by atoms with E-state index >= 15 is 0 Å². The number of hydrogen-bond acceptors (Lipinski definition) is 2. The Balaban J connectivity index is 1.78. The maximum atomic E-state index is 12.0. The van der Waals surface area contributed by atoms with Crippen molar-refractivity contribution in [3.63, 3.8) is 0 Å². The van der Waals surface area contributed by atoms with E-state index in [1.54, 1.807) is 24.5 Å². The van der Waals surface area contributed by atoms with Gasteiger partial charge >= 0.3 is 0 Å². The third-order valence-electron chi connectivity index (χ3n) is 3.01. The second-order valence-corrected chi connectivity index (χ2v) is 4.87. The molecular weight excluding hydrogens is 274 g/mol. The molecule has 1 aromatic carbocycles. The third-order valence-corrected chi connectivity index (χ3v) is 3.25. The van der Waals surface area contributed by atoms with Gasteiger partial charge in [0.05, 0.1) is 0 Å². The van der Waals surface area contributed by atoms with Crippen LogP contribution in [0.2, 0.25) is 5.02 Å².